The Balaban J connectivity index is 1.77. The molecular formula is C22H14BrClN2O3. The molecule has 0 atom stereocenters. The van der Waals surface area contributed by atoms with Gasteiger partial charge in [0.2, 0.25) is 0 Å². The summed E-state index contributed by atoms with van der Waals surface area (Å²) >= 11 is 9.59. The van der Waals surface area contributed by atoms with Crippen molar-refractivity contribution in [2.45, 2.75) is 6.54 Å². The molecule has 1 aliphatic heterocycles. The molecule has 0 bridgehead atoms. The third-order valence-corrected chi connectivity index (χ3v) is 5.46. The number of hydrogen-bond donors (Lipinski definition) is 0. The zero-order valence-corrected chi connectivity index (χ0v) is 17.4. The van der Waals surface area contributed by atoms with Crippen LogP contribution in [-0.4, -0.2) is 27.7 Å². The summed E-state index contributed by atoms with van der Waals surface area (Å²) in [6, 6.07) is 20.4. The highest BCUT2D eigenvalue weighted by atomic mass is 79.9. The van der Waals surface area contributed by atoms with E-state index in [0.29, 0.717) is 0 Å². The van der Waals surface area contributed by atoms with E-state index >= 15 is 0 Å². The number of nitrogens with zero attached hydrogens (tertiary/aromatic N) is 2. The fourth-order valence-electron chi connectivity index (χ4n) is 3.17. The molecule has 0 aliphatic carbocycles. The first-order valence-corrected chi connectivity index (χ1v) is 9.93. The zero-order chi connectivity index (χ0) is 20.5. The first-order chi connectivity index (χ1) is 14.0. The molecule has 144 valence electrons. The molecule has 5 nitrogen and oxygen atoms in total. The molecular weight excluding hydrogens is 456 g/mol. The molecule has 3 aromatic rings. The normalized spacial score (nSPS) is 12.8. The lowest BCUT2D eigenvalue weighted by atomic mass is 10.1. The monoisotopic (exact) mass is 468 g/mol. The van der Waals surface area contributed by atoms with Crippen LogP contribution in [0.2, 0.25) is 5.02 Å². The van der Waals surface area contributed by atoms with Crippen LogP contribution in [0.25, 0.3) is 0 Å². The van der Waals surface area contributed by atoms with E-state index < -0.39 is 17.7 Å². The Hall–Kier alpha value is -2.96. The van der Waals surface area contributed by atoms with Crippen LogP contribution in [0.4, 0.5) is 0 Å². The number of rotatable bonds is 4. The topological polar surface area (TPSA) is 57.7 Å². The van der Waals surface area contributed by atoms with Gasteiger partial charge in [0.25, 0.3) is 17.7 Å². The van der Waals surface area contributed by atoms with E-state index in [2.05, 4.69) is 15.9 Å². The molecule has 0 radical (unpaired) electrons. The van der Waals surface area contributed by atoms with Gasteiger partial charge in [-0.1, -0.05) is 63.9 Å². The van der Waals surface area contributed by atoms with Crippen molar-refractivity contribution in [3.63, 3.8) is 0 Å². The first kappa shape index (κ1) is 19.4. The fraction of sp³-hybridized carbons (Fsp3) is 0.0455. The van der Waals surface area contributed by atoms with E-state index in [1.807, 2.05) is 24.3 Å². The van der Waals surface area contributed by atoms with Crippen LogP contribution in [0.3, 0.4) is 0 Å². The van der Waals surface area contributed by atoms with Gasteiger partial charge in [0.15, 0.2) is 0 Å². The SMILES string of the molecule is O=C(c1ccccc1Cl)N(Cc1ccc(Br)cc1)N1C(=O)c2ccccc2C1=O. The minimum atomic E-state index is -0.539. The maximum absolute atomic E-state index is 13.4. The molecule has 3 aromatic carbocycles. The standard InChI is InChI=1S/C22H14BrClN2O3/c23-15-11-9-14(10-12-15)13-25(20(27)18-7-3-4-8-19(18)24)26-21(28)16-5-1-2-6-17(16)22(26)29/h1-12H,13H2. The summed E-state index contributed by atoms with van der Waals surface area (Å²) in [7, 11) is 0. The second-order valence-corrected chi connectivity index (χ2v) is 7.76. The third-order valence-electron chi connectivity index (χ3n) is 4.60. The Kier molecular flexibility index (Phi) is 5.22. The zero-order valence-electron chi connectivity index (χ0n) is 15.0. The number of carbonyl (C=O) groups excluding carboxylic acids is 3. The number of imide groups is 1. The lowest BCUT2D eigenvalue weighted by Gasteiger charge is -2.30. The highest BCUT2D eigenvalue weighted by Crippen LogP contribution is 2.28. The molecule has 0 saturated carbocycles. The van der Waals surface area contributed by atoms with Gasteiger partial charge in [0, 0.05) is 4.47 Å². The molecule has 3 amide bonds. The number of amides is 3. The molecule has 7 heteroatoms. The average Bonchev–Trinajstić information content (AvgIpc) is 2.98. The second-order valence-electron chi connectivity index (χ2n) is 6.44. The minimum absolute atomic E-state index is 0.0306. The van der Waals surface area contributed by atoms with Gasteiger partial charge >= 0.3 is 0 Å². The number of hydrogen-bond acceptors (Lipinski definition) is 3. The highest BCUT2D eigenvalue weighted by Gasteiger charge is 2.41. The number of hydrazine groups is 1. The van der Waals surface area contributed by atoms with Crippen LogP contribution >= 0.6 is 27.5 Å². The Labute approximate surface area is 180 Å². The van der Waals surface area contributed by atoms with Crippen molar-refractivity contribution < 1.29 is 14.4 Å². The van der Waals surface area contributed by atoms with Gasteiger partial charge in [-0.15, -0.1) is 0 Å². The molecule has 0 aromatic heterocycles. The molecule has 1 heterocycles. The second kappa shape index (κ2) is 7.81. The van der Waals surface area contributed by atoms with Crippen LogP contribution in [-0.2, 0) is 6.54 Å². The Morgan fingerprint density at radius 2 is 1.41 bits per heavy atom. The largest absolute Gasteiger partial charge is 0.280 e. The van der Waals surface area contributed by atoms with Gasteiger partial charge in [-0.2, -0.15) is 5.01 Å². The number of fused-ring (bicyclic) bond motifs is 1. The summed E-state index contributed by atoms with van der Waals surface area (Å²) in [5.74, 6) is -1.61. The van der Waals surface area contributed by atoms with Crippen LogP contribution in [0.15, 0.2) is 77.3 Å². The summed E-state index contributed by atoms with van der Waals surface area (Å²) in [4.78, 5) is 39.3. The van der Waals surface area contributed by atoms with Gasteiger partial charge in [-0.25, -0.2) is 5.01 Å². The van der Waals surface area contributed by atoms with E-state index in [4.69, 9.17) is 11.6 Å². The van der Waals surface area contributed by atoms with Gasteiger partial charge in [-0.3, -0.25) is 14.4 Å². The summed E-state index contributed by atoms with van der Waals surface area (Å²) in [6.45, 7) is 0.0306. The molecule has 0 N–H and O–H groups in total. The van der Waals surface area contributed by atoms with Crippen molar-refractivity contribution >= 4 is 45.3 Å². The van der Waals surface area contributed by atoms with Crippen molar-refractivity contribution in [2.75, 3.05) is 0 Å². The third kappa shape index (κ3) is 3.57. The number of carbonyl (C=O) groups is 3. The maximum Gasteiger partial charge on any atom is 0.280 e. The van der Waals surface area contributed by atoms with Crippen molar-refractivity contribution in [3.05, 3.63) is 105 Å². The van der Waals surface area contributed by atoms with Crippen LogP contribution < -0.4 is 0 Å². The quantitative estimate of drug-likeness (QED) is 0.508. The van der Waals surface area contributed by atoms with Gasteiger partial charge in [0.05, 0.1) is 28.3 Å². The van der Waals surface area contributed by atoms with E-state index in [1.54, 1.807) is 48.5 Å². The summed E-state index contributed by atoms with van der Waals surface area (Å²) < 4.78 is 0.881. The molecule has 0 fully saturated rings. The van der Waals surface area contributed by atoms with Crippen LogP contribution in [0, 0.1) is 0 Å². The summed E-state index contributed by atoms with van der Waals surface area (Å²) in [5, 5.41) is 2.29. The summed E-state index contributed by atoms with van der Waals surface area (Å²) in [6.07, 6.45) is 0. The van der Waals surface area contributed by atoms with Gasteiger partial charge < -0.3 is 0 Å². The van der Waals surface area contributed by atoms with E-state index in [9.17, 15) is 14.4 Å². The lowest BCUT2D eigenvalue weighted by Crippen LogP contribution is -2.49. The maximum atomic E-state index is 13.4. The van der Waals surface area contributed by atoms with Crippen LogP contribution in [0.5, 0.6) is 0 Å². The first-order valence-electron chi connectivity index (χ1n) is 8.76. The molecule has 1 aliphatic rings. The smallest absolute Gasteiger partial charge is 0.267 e. The molecule has 0 saturated heterocycles. The predicted molar refractivity (Wildman–Crippen MR) is 112 cm³/mol. The van der Waals surface area contributed by atoms with Crippen molar-refractivity contribution in [3.8, 4) is 0 Å². The molecule has 0 spiro atoms. The Morgan fingerprint density at radius 3 is 2.00 bits per heavy atom. The molecule has 29 heavy (non-hydrogen) atoms. The molecule has 0 unspecified atom stereocenters. The predicted octanol–water partition coefficient (Wildman–Crippen LogP) is 4.96. The van der Waals surface area contributed by atoms with Crippen molar-refractivity contribution in [1.29, 1.82) is 0 Å². The Morgan fingerprint density at radius 1 is 0.862 bits per heavy atom. The van der Waals surface area contributed by atoms with E-state index in [1.165, 1.54) is 0 Å². The fourth-order valence-corrected chi connectivity index (χ4v) is 3.65. The minimum Gasteiger partial charge on any atom is -0.267 e. The number of benzene rings is 3. The van der Waals surface area contributed by atoms with Crippen molar-refractivity contribution in [1.82, 2.24) is 10.0 Å². The lowest BCUT2D eigenvalue weighted by molar-refractivity contribution is 0.000875. The van der Waals surface area contributed by atoms with Crippen molar-refractivity contribution in [2.24, 2.45) is 0 Å². The highest BCUT2D eigenvalue weighted by molar-refractivity contribution is 9.10. The van der Waals surface area contributed by atoms with Crippen LogP contribution in [0.1, 0.15) is 36.6 Å². The summed E-state index contributed by atoms with van der Waals surface area (Å²) in [5.41, 5.74) is 1.50. The number of halogens is 2. The van der Waals surface area contributed by atoms with Gasteiger partial charge in [-0.05, 0) is 42.0 Å². The van der Waals surface area contributed by atoms with Gasteiger partial charge in [0.1, 0.15) is 0 Å². The average molecular weight is 470 g/mol. The van der Waals surface area contributed by atoms with E-state index in [-0.39, 0.29) is 28.3 Å². The van der Waals surface area contributed by atoms with E-state index in [0.717, 1.165) is 20.1 Å². The Bertz CT molecular complexity index is 1100. The molecule has 4 rings (SSSR count).